The number of hydrogen-bond acceptors (Lipinski definition) is 2. The van der Waals surface area contributed by atoms with Crippen molar-refractivity contribution in [1.29, 1.82) is 0 Å². The number of benzene rings is 2. The van der Waals surface area contributed by atoms with Gasteiger partial charge in [-0.25, -0.2) is 0 Å². The predicted octanol–water partition coefficient (Wildman–Crippen LogP) is 5.06. The van der Waals surface area contributed by atoms with Crippen LogP contribution in [0.25, 0.3) is 0 Å². The van der Waals surface area contributed by atoms with Crippen LogP contribution >= 0.6 is 0 Å². The van der Waals surface area contributed by atoms with Crippen LogP contribution in [0.4, 0.5) is 5.69 Å². The number of ether oxygens (including phenoxy) is 1. The van der Waals surface area contributed by atoms with E-state index in [4.69, 9.17) is 10.5 Å². The van der Waals surface area contributed by atoms with E-state index in [1.165, 1.54) is 5.56 Å². The van der Waals surface area contributed by atoms with Crippen molar-refractivity contribution in [1.82, 2.24) is 0 Å². The van der Waals surface area contributed by atoms with Gasteiger partial charge in [0.2, 0.25) is 0 Å². The van der Waals surface area contributed by atoms with E-state index in [0.717, 1.165) is 17.7 Å². The van der Waals surface area contributed by atoms with Crippen LogP contribution in [0.3, 0.4) is 0 Å². The lowest BCUT2D eigenvalue weighted by Gasteiger charge is -2.23. The Hall–Kier alpha value is -1.96. The van der Waals surface area contributed by atoms with E-state index in [-0.39, 0.29) is 5.41 Å². The van der Waals surface area contributed by atoms with E-state index in [0.29, 0.717) is 11.4 Å². The topological polar surface area (TPSA) is 35.2 Å². The minimum atomic E-state index is 0.195. The molecule has 0 amide bonds. The first kappa shape index (κ1) is 14.4. The Bertz CT molecular complexity index is 585. The van der Waals surface area contributed by atoms with Crippen molar-refractivity contribution >= 4 is 5.69 Å². The van der Waals surface area contributed by atoms with E-state index in [1.807, 2.05) is 37.3 Å². The highest BCUT2D eigenvalue weighted by Gasteiger charge is 2.17. The predicted molar refractivity (Wildman–Crippen MR) is 85.4 cm³/mol. The largest absolute Gasteiger partial charge is 0.455 e. The SMILES string of the molecule is CCC(C)(C)c1ccc(Oc2cc(C)ccc2N)cc1. The zero-order valence-corrected chi connectivity index (χ0v) is 12.7. The summed E-state index contributed by atoms with van der Waals surface area (Å²) in [5, 5.41) is 0. The summed E-state index contributed by atoms with van der Waals surface area (Å²) >= 11 is 0. The molecule has 0 spiro atoms. The van der Waals surface area contributed by atoms with Crippen molar-refractivity contribution in [2.45, 2.75) is 39.5 Å². The molecule has 0 aliphatic carbocycles. The van der Waals surface area contributed by atoms with Gasteiger partial charge < -0.3 is 10.5 Å². The van der Waals surface area contributed by atoms with Gasteiger partial charge in [-0.1, -0.05) is 39.0 Å². The molecule has 20 heavy (non-hydrogen) atoms. The van der Waals surface area contributed by atoms with E-state index in [2.05, 4.69) is 32.9 Å². The van der Waals surface area contributed by atoms with Gasteiger partial charge in [0.15, 0.2) is 5.75 Å². The highest BCUT2D eigenvalue weighted by atomic mass is 16.5. The van der Waals surface area contributed by atoms with Crippen molar-refractivity contribution < 1.29 is 4.74 Å². The number of hydrogen-bond donors (Lipinski definition) is 1. The molecule has 2 N–H and O–H groups in total. The van der Waals surface area contributed by atoms with E-state index in [1.54, 1.807) is 0 Å². The summed E-state index contributed by atoms with van der Waals surface area (Å²) in [5.41, 5.74) is 9.25. The second-order valence-corrected chi connectivity index (χ2v) is 5.91. The molecule has 0 bridgehead atoms. The Morgan fingerprint density at radius 3 is 2.30 bits per heavy atom. The zero-order valence-electron chi connectivity index (χ0n) is 12.7. The third-order valence-electron chi connectivity index (χ3n) is 3.92. The van der Waals surface area contributed by atoms with E-state index in [9.17, 15) is 0 Å². The van der Waals surface area contributed by atoms with Crippen LogP contribution < -0.4 is 10.5 Å². The number of anilines is 1. The first-order valence-corrected chi connectivity index (χ1v) is 7.07. The third kappa shape index (κ3) is 3.13. The van der Waals surface area contributed by atoms with Crippen LogP contribution in [-0.2, 0) is 5.41 Å². The lowest BCUT2D eigenvalue weighted by molar-refractivity contribution is 0.480. The molecule has 2 aromatic rings. The molecule has 106 valence electrons. The Morgan fingerprint density at radius 1 is 1.05 bits per heavy atom. The van der Waals surface area contributed by atoms with Crippen molar-refractivity contribution in [3.05, 3.63) is 53.6 Å². The lowest BCUT2D eigenvalue weighted by Crippen LogP contribution is -2.14. The minimum Gasteiger partial charge on any atom is -0.455 e. The second kappa shape index (κ2) is 5.58. The summed E-state index contributed by atoms with van der Waals surface area (Å²) in [7, 11) is 0. The Labute approximate surface area is 121 Å². The minimum absolute atomic E-state index is 0.195. The van der Waals surface area contributed by atoms with Gasteiger partial charge in [0.05, 0.1) is 5.69 Å². The van der Waals surface area contributed by atoms with E-state index < -0.39 is 0 Å². The van der Waals surface area contributed by atoms with Gasteiger partial charge in [0.25, 0.3) is 0 Å². The van der Waals surface area contributed by atoms with Gasteiger partial charge in [-0.05, 0) is 54.2 Å². The molecule has 0 aliphatic rings. The molecule has 2 heteroatoms. The summed E-state index contributed by atoms with van der Waals surface area (Å²) in [6.07, 6.45) is 1.11. The molecule has 0 radical (unpaired) electrons. The molecular weight excluding hydrogens is 246 g/mol. The molecule has 0 heterocycles. The molecule has 2 rings (SSSR count). The number of aryl methyl sites for hydroxylation is 1. The quantitative estimate of drug-likeness (QED) is 0.788. The summed E-state index contributed by atoms with van der Waals surface area (Å²) in [5.74, 6) is 1.53. The van der Waals surface area contributed by atoms with Crippen LogP contribution in [0.15, 0.2) is 42.5 Å². The van der Waals surface area contributed by atoms with Crippen molar-refractivity contribution in [3.8, 4) is 11.5 Å². The monoisotopic (exact) mass is 269 g/mol. The molecule has 0 aromatic heterocycles. The standard InChI is InChI=1S/C18H23NO/c1-5-18(3,4)14-7-9-15(10-8-14)20-17-12-13(2)6-11-16(17)19/h6-12H,5,19H2,1-4H3. The third-order valence-corrected chi connectivity index (χ3v) is 3.92. The van der Waals surface area contributed by atoms with Crippen LogP contribution in [-0.4, -0.2) is 0 Å². The fourth-order valence-electron chi connectivity index (χ4n) is 2.04. The summed E-state index contributed by atoms with van der Waals surface area (Å²) in [6, 6.07) is 14.1. The van der Waals surface area contributed by atoms with Crippen molar-refractivity contribution in [2.24, 2.45) is 0 Å². The molecule has 0 atom stereocenters. The number of rotatable bonds is 4. The first-order valence-electron chi connectivity index (χ1n) is 7.07. The summed E-state index contributed by atoms with van der Waals surface area (Å²) in [4.78, 5) is 0. The number of nitrogen functional groups attached to an aromatic ring is 1. The maximum Gasteiger partial charge on any atom is 0.150 e. The fraction of sp³-hybridized carbons (Fsp3) is 0.333. The second-order valence-electron chi connectivity index (χ2n) is 5.91. The molecule has 0 aliphatic heterocycles. The maximum absolute atomic E-state index is 5.93. The Balaban J connectivity index is 2.21. The van der Waals surface area contributed by atoms with E-state index >= 15 is 0 Å². The highest BCUT2D eigenvalue weighted by Crippen LogP contribution is 2.31. The fourth-order valence-corrected chi connectivity index (χ4v) is 2.04. The normalized spacial score (nSPS) is 11.4. The first-order chi connectivity index (χ1) is 9.42. The molecular formula is C18H23NO. The molecule has 0 fully saturated rings. The lowest BCUT2D eigenvalue weighted by atomic mass is 9.82. The number of nitrogens with two attached hydrogens (primary N) is 1. The van der Waals surface area contributed by atoms with Gasteiger partial charge in [-0.15, -0.1) is 0 Å². The summed E-state index contributed by atoms with van der Waals surface area (Å²) < 4.78 is 5.87. The van der Waals surface area contributed by atoms with Gasteiger partial charge >= 0.3 is 0 Å². The summed E-state index contributed by atoms with van der Waals surface area (Å²) in [6.45, 7) is 8.74. The van der Waals surface area contributed by atoms with Crippen LogP contribution in [0.1, 0.15) is 38.3 Å². The molecule has 0 unspecified atom stereocenters. The molecule has 2 nitrogen and oxygen atoms in total. The van der Waals surface area contributed by atoms with Crippen molar-refractivity contribution in [3.63, 3.8) is 0 Å². The Morgan fingerprint density at radius 2 is 1.70 bits per heavy atom. The van der Waals surface area contributed by atoms with Crippen LogP contribution in [0.2, 0.25) is 0 Å². The van der Waals surface area contributed by atoms with Crippen LogP contribution in [0.5, 0.6) is 11.5 Å². The average molecular weight is 269 g/mol. The maximum atomic E-state index is 5.93. The smallest absolute Gasteiger partial charge is 0.150 e. The van der Waals surface area contributed by atoms with Gasteiger partial charge in [-0.2, -0.15) is 0 Å². The molecule has 2 aromatic carbocycles. The van der Waals surface area contributed by atoms with Gasteiger partial charge in [0.1, 0.15) is 5.75 Å². The van der Waals surface area contributed by atoms with Gasteiger partial charge in [0, 0.05) is 0 Å². The molecule has 0 saturated carbocycles. The Kier molecular flexibility index (Phi) is 4.03. The van der Waals surface area contributed by atoms with Crippen molar-refractivity contribution in [2.75, 3.05) is 5.73 Å². The van der Waals surface area contributed by atoms with Gasteiger partial charge in [-0.3, -0.25) is 0 Å². The zero-order chi connectivity index (χ0) is 14.8. The highest BCUT2D eigenvalue weighted by molar-refractivity contribution is 5.55. The average Bonchev–Trinajstić information content (AvgIpc) is 2.43. The molecule has 0 saturated heterocycles. The van der Waals surface area contributed by atoms with Crippen LogP contribution in [0, 0.1) is 6.92 Å².